The molecule has 0 fully saturated rings. The van der Waals surface area contributed by atoms with Gasteiger partial charge in [-0.3, -0.25) is 4.90 Å². The molecule has 1 atom stereocenters. The Bertz CT molecular complexity index is 1200. The molecule has 0 amide bonds. The molecular weight excluding hydrogens is 422 g/mol. The van der Waals surface area contributed by atoms with E-state index in [-0.39, 0.29) is 11.8 Å². The molecular formula is C25H21N3OS2. The topological polar surface area (TPSA) is 62.3 Å². The minimum atomic E-state index is -0.176. The van der Waals surface area contributed by atoms with Crippen molar-refractivity contribution in [1.82, 2.24) is 4.90 Å². The van der Waals surface area contributed by atoms with Gasteiger partial charge in [-0.2, -0.15) is 27.9 Å². The van der Waals surface area contributed by atoms with Crippen LogP contribution in [-0.2, 0) is 11.3 Å². The lowest BCUT2D eigenvalue weighted by Gasteiger charge is -2.38. The van der Waals surface area contributed by atoms with Crippen LogP contribution < -0.4 is 5.73 Å². The van der Waals surface area contributed by atoms with Gasteiger partial charge in [0, 0.05) is 25.2 Å². The maximum atomic E-state index is 9.88. The van der Waals surface area contributed by atoms with Gasteiger partial charge in [-0.05, 0) is 62.0 Å². The van der Waals surface area contributed by atoms with Crippen molar-refractivity contribution in [2.75, 3.05) is 13.1 Å². The third-order valence-electron chi connectivity index (χ3n) is 5.62. The van der Waals surface area contributed by atoms with Crippen LogP contribution in [0.15, 0.2) is 92.3 Å². The smallest absolute Gasteiger partial charge is 0.205 e. The Hall–Kier alpha value is -3.11. The number of hydrogen-bond acceptors (Lipinski definition) is 6. The number of ether oxygens (including phenoxy) is 1. The summed E-state index contributed by atoms with van der Waals surface area (Å²) in [5.41, 5.74) is 12.5. The molecule has 4 nitrogen and oxygen atoms in total. The molecule has 3 aromatic rings. The van der Waals surface area contributed by atoms with Crippen LogP contribution in [0, 0.1) is 11.3 Å². The van der Waals surface area contributed by atoms with Crippen LogP contribution in [0.1, 0.15) is 22.6 Å². The number of nitrogens with two attached hydrogens (primary N) is 1. The molecule has 2 aliphatic heterocycles. The van der Waals surface area contributed by atoms with Crippen LogP contribution in [0.25, 0.3) is 6.08 Å². The number of rotatable bonds is 4. The van der Waals surface area contributed by atoms with Crippen molar-refractivity contribution < 1.29 is 4.74 Å². The molecule has 5 rings (SSSR count). The second kappa shape index (κ2) is 8.56. The average Bonchev–Trinajstić information content (AvgIpc) is 3.48. The molecule has 2 N–H and O–H groups in total. The third-order valence-corrected chi connectivity index (χ3v) is 7.02. The predicted octanol–water partition coefficient (Wildman–Crippen LogP) is 5.47. The lowest BCUT2D eigenvalue weighted by molar-refractivity contribution is 0.230. The predicted molar refractivity (Wildman–Crippen MR) is 126 cm³/mol. The summed E-state index contributed by atoms with van der Waals surface area (Å²) in [6.45, 7) is 2.31. The monoisotopic (exact) mass is 443 g/mol. The van der Waals surface area contributed by atoms with E-state index in [0.29, 0.717) is 5.57 Å². The molecule has 2 aromatic heterocycles. The average molecular weight is 444 g/mol. The molecule has 2 aliphatic rings. The molecule has 0 unspecified atom stereocenters. The lowest BCUT2D eigenvalue weighted by Crippen LogP contribution is -2.37. The SMILES string of the molecule is N#CC1=C(N)OC2=C(CN(Cc3ccccc3)C/C2=C/c2ccsc2)[C@@H]1c1ccsc1. The van der Waals surface area contributed by atoms with E-state index in [4.69, 9.17) is 10.5 Å². The molecule has 4 heterocycles. The second-order valence-electron chi connectivity index (χ2n) is 7.69. The van der Waals surface area contributed by atoms with Crippen molar-refractivity contribution in [3.05, 3.63) is 109 Å². The Kier molecular flexibility index (Phi) is 5.47. The largest absolute Gasteiger partial charge is 0.440 e. The summed E-state index contributed by atoms with van der Waals surface area (Å²) in [4.78, 5) is 2.41. The summed E-state index contributed by atoms with van der Waals surface area (Å²) in [6.07, 6.45) is 2.18. The van der Waals surface area contributed by atoms with Gasteiger partial charge in [-0.15, -0.1) is 0 Å². The summed E-state index contributed by atoms with van der Waals surface area (Å²) in [6, 6.07) is 17.0. The van der Waals surface area contributed by atoms with Crippen LogP contribution in [0.4, 0.5) is 0 Å². The van der Waals surface area contributed by atoms with Crippen molar-refractivity contribution in [2.24, 2.45) is 5.73 Å². The van der Waals surface area contributed by atoms with E-state index in [1.165, 1.54) is 5.56 Å². The fourth-order valence-corrected chi connectivity index (χ4v) is 5.58. The van der Waals surface area contributed by atoms with E-state index < -0.39 is 0 Å². The molecule has 154 valence electrons. The number of thiophene rings is 2. The van der Waals surface area contributed by atoms with Crippen LogP contribution in [0.2, 0.25) is 0 Å². The highest BCUT2D eigenvalue weighted by atomic mass is 32.1. The molecule has 6 heteroatoms. The van der Waals surface area contributed by atoms with Gasteiger partial charge in [0.1, 0.15) is 17.4 Å². The van der Waals surface area contributed by atoms with E-state index in [1.54, 1.807) is 22.7 Å². The number of nitrogens with zero attached hydrogens (tertiary/aromatic N) is 2. The quantitative estimate of drug-likeness (QED) is 0.581. The maximum Gasteiger partial charge on any atom is 0.205 e. The first-order valence-electron chi connectivity index (χ1n) is 10.0. The Morgan fingerprint density at radius 3 is 2.61 bits per heavy atom. The van der Waals surface area contributed by atoms with E-state index >= 15 is 0 Å². The fourth-order valence-electron chi connectivity index (χ4n) is 4.27. The molecule has 0 saturated carbocycles. The zero-order chi connectivity index (χ0) is 21.2. The van der Waals surface area contributed by atoms with Crippen molar-refractivity contribution in [3.8, 4) is 6.07 Å². The van der Waals surface area contributed by atoms with Gasteiger partial charge in [0.15, 0.2) is 0 Å². The summed E-state index contributed by atoms with van der Waals surface area (Å²) < 4.78 is 6.11. The number of nitriles is 1. The molecule has 1 aromatic carbocycles. The Morgan fingerprint density at radius 1 is 1.10 bits per heavy atom. The summed E-state index contributed by atoms with van der Waals surface area (Å²) in [5, 5.41) is 18.2. The number of allylic oxidation sites excluding steroid dienone is 1. The number of hydrogen-bond donors (Lipinski definition) is 1. The standard InChI is InChI=1S/C25H21N3OS2/c26-11-21-23(19-7-9-31-16-19)22-14-28(12-17-4-2-1-3-5-17)13-20(24(22)29-25(21)27)10-18-6-8-30-15-18/h1-10,15-16,23H,12-14,27H2/b20-10-/t23-/m1/s1. The van der Waals surface area contributed by atoms with E-state index in [0.717, 1.165) is 47.7 Å². The van der Waals surface area contributed by atoms with Crippen LogP contribution in [0.5, 0.6) is 0 Å². The lowest BCUT2D eigenvalue weighted by atomic mass is 9.81. The first kappa shape index (κ1) is 19.8. The molecule has 0 aliphatic carbocycles. The molecule has 0 saturated heterocycles. The minimum absolute atomic E-state index is 0.176. The zero-order valence-corrected chi connectivity index (χ0v) is 18.5. The van der Waals surface area contributed by atoms with Gasteiger partial charge in [0.2, 0.25) is 5.88 Å². The second-order valence-corrected chi connectivity index (χ2v) is 9.25. The van der Waals surface area contributed by atoms with Gasteiger partial charge < -0.3 is 10.5 Å². The van der Waals surface area contributed by atoms with Crippen LogP contribution in [-0.4, -0.2) is 18.0 Å². The van der Waals surface area contributed by atoms with Gasteiger partial charge in [0.25, 0.3) is 0 Å². The fraction of sp³-hybridized carbons (Fsp3) is 0.160. The highest BCUT2D eigenvalue weighted by molar-refractivity contribution is 7.08. The third kappa shape index (κ3) is 3.96. The zero-order valence-electron chi connectivity index (χ0n) is 16.8. The molecule has 0 spiro atoms. The van der Waals surface area contributed by atoms with E-state index in [1.807, 2.05) is 11.4 Å². The highest BCUT2D eigenvalue weighted by Gasteiger charge is 2.37. The van der Waals surface area contributed by atoms with Gasteiger partial charge >= 0.3 is 0 Å². The Morgan fingerprint density at radius 2 is 1.90 bits per heavy atom. The summed E-state index contributed by atoms with van der Waals surface area (Å²) in [7, 11) is 0. The Balaban J connectivity index is 1.60. The molecule has 31 heavy (non-hydrogen) atoms. The summed E-state index contributed by atoms with van der Waals surface area (Å²) >= 11 is 3.30. The van der Waals surface area contributed by atoms with Crippen LogP contribution >= 0.6 is 22.7 Å². The van der Waals surface area contributed by atoms with Crippen LogP contribution in [0.3, 0.4) is 0 Å². The minimum Gasteiger partial charge on any atom is -0.440 e. The normalized spacial score (nSPS) is 20.5. The van der Waals surface area contributed by atoms with E-state index in [9.17, 15) is 5.26 Å². The highest BCUT2D eigenvalue weighted by Crippen LogP contribution is 2.44. The van der Waals surface area contributed by atoms with Gasteiger partial charge in [-0.1, -0.05) is 30.3 Å². The Labute approximate surface area is 189 Å². The van der Waals surface area contributed by atoms with Crippen molar-refractivity contribution in [1.29, 1.82) is 5.26 Å². The summed E-state index contributed by atoms with van der Waals surface area (Å²) in [5.74, 6) is 0.859. The first-order valence-corrected chi connectivity index (χ1v) is 11.9. The van der Waals surface area contributed by atoms with E-state index in [2.05, 4.69) is 69.6 Å². The molecule has 0 radical (unpaired) electrons. The maximum absolute atomic E-state index is 9.88. The van der Waals surface area contributed by atoms with Crippen molar-refractivity contribution >= 4 is 28.7 Å². The molecule has 0 bridgehead atoms. The first-order chi connectivity index (χ1) is 15.2. The van der Waals surface area contributed by atoms with Crippen molar-refractivity contribution in [2.45, 2.75) is 12.5 Å². The van der Waals surface area contributed by atoms with Gasteiger partial charge in [-0.25, -0.2) is 0 Å². The number of benzene rings is 1. The van der Waals surface area contributed by atoms with Crippen molar-refractivity contribution in [3.63, 3.8) is 0 Å². The van der Waals surface area contributed by atoms with Gasteiger partial charge in [0.05, 0.1) is 5.92 Å².